The minimum Gasteiger partial charge on any atom is -0.487 e. The maximum atomic E-state index is 13.5. The standard InChI is InChI=1S/C18H18Cl2FN5O3S/c1-18(2)25-16(22)24-17(23)26(18)10-6-7-14(13(20)8-10)29-9-11-12(19)4-3-5-15(11)30(21,27)28/h3-8H,9H2,1-2H3,(H4,22,23,24,25). The third-order valence-electron chi connectivity index (χ3n) is 4.28. The van der Waals surface area contributed by atoms with Crippen LogP contribution in [-0.4, -0.2) is 26.0 Å². The minimum absolute atomic E-state index is 0.0137. The molecule has 0 amide bonds. The Morgan fingerprint density at radius 2 is 1.87 bits per heavy atom. The van der Waals surface area contributed by atoms with Gasteiger partial charge in [-0.05, 0) is 44.2 Å². The molecule has 0 aliphatic carbocycles. The highest BCUT2D eigenvalue weighted by molar-refractivity contribution is 7.86. The van der Waals surface area contributed by atoms with Crippen molar-refractivity contribution in [1.29, 1.82) is 0 Å². The van der Waals surface area contributed by atoms with Gasteiger partial charge < -0.3 is 16.2 Å². The summed E-state index contributed by atoms with van der Waals surface area (Å²) in [4.78, 5) is 9.32. The highest BCUT2D eigenvalue weighted by atomic mass is 35.5. The van der Waals surface area contributed by atoms with Gasteiger partial charge in [0.25, 0.3) is 0 Å². The first-order valence-electron chi connectivity index (χ1n) is 8.54. The summed E-state index contributed by atoms with van der Waals surface area (Å²) in [6.07, 6.45) is 0. The molecule has 0 fully saturated rings. The molecule has 0 radical (unpaired) electrons. The molecule has 3 rings (SSSR count). The van der Waals surface area contributed by atoms with Gasteiger partial charge in [-0.25, -0.2) is 4.99 Å². The van der Waals surface area contributed by atoms with Gasteiger partial charge in [0.15, 0.2) is 0 Å². The molecule has 0 bridgehead atoms. The Bertz CT molecular complexity index is 1170. The van der Waals surface area contributed by atoms with Crippen molar-refractivity contribution in [1.82, 2.24) is 0 Å². The summed E-state index contributed by atoms with van der Waals surface area (Å²) >= 11 is 12.4. The summed E-state index contributed by atoms with van der Waals surface area (Å²) in [5.74, 6) is 0.445. The van der Waals surface area contributed by atoms with Crippen molar-refractivity contribution >= 4 is 51.0 Å². The molecule has 1 aliphatic rings. The summed E-state index contributed by atoms with van der Waals surface area (Å²) < 4.78 is 41.9. The zero-order valence-electron chi connectivity index (χ0n) is 15.9. The van der Waals surface area contributed by atoms with Crippen LogP contribution in [-0.2, 0) is 16.8 Å². The Balaban J connectivity index is 1.88. The van der Waals surface area contributed by atoms with E-state index < -0.39 is 20.8 Å². The number of nitrogens with two attached hydrogens (primary N) is 2. The molecule has 30 heavy (non-hydrogen) atoms. The van der Waals surface area contributed by atoms with Crippen molar-refractivity contribution in [2.24, 2.45) is 21.5 Å². The Kier molecular flexibility index (Phi) is 5.85. The van der Waals surface area contributed by atoms with Crippen molar-refractivity contribution in [3.63, 3.8) is 0 Å². The molecule has 0 unspecified atom stereocenters. The molecule has 1 heterocycles. The first kappa shape index (κ1) is 22.1. The third-order valence-corrected chi connectivity index (χ3v) is 5.84. The van der Waals surface area contributed by atoms with E-state index in [2.05, 4.69) is 9.98 Å². The van der Waals surface area contributed by atoms with Crippen LogP contribution in [0.5, 0.6) is 5.75 Å². The summed E-state index contributed by atoms with van der Waals surface area (Å²) in [5.41, 5.74) is 11.4. The molecule has 0 spiro atoms. The van der Waals surface area contributed by atoms with E-state index in [1.165, 1.54) is 12.1 Å². The zero-order valence-corrected chi connectivity index (χ0v) is 18.3. The fraction of sp³-hybridized carbons (Fsp3) is 0.222. The Morgan fingerprint density at radius 3 is 2.47 bits per heavy atom. The van der Waals surface area contributed by atoms with E-state index in [1.807, 2.05) is 0 Å². The first-order chi connectivity index (χ1) is 13.9. The van der Waals surface area contributed by atoms with Gasteiger partial charge in [-0.1, -0.05) is 29.3 Å². The highest BCUT2D eigenvalue weighted by Gasteiger charge is 2.33. The van der Waals surface area contributed by atoms with E-state index in [1.54, 1.807) is 36.9 Å². The molecular formula is C18H18Cl2FN5O3S. The largest absolute Gasteiger partial charge is 0.487 e. The number of hydrogen-bond donors (Lipinski definition) is 2. The molecule has 2 aromatic rings. The number of nitrogens with zero attached hydrogens (tertiary/aromatic N) is 3. The second-order valence-electron chi connectivity index (χ2n) is 6.83. The number of hydrogen-bond acceptors (Lipinski definition) is 8. The number of benzene rings is 2. The van der Waals surface area contributed by atoms with Crippen molar-refractivity contribution < 1.29 is 17.0 Å². The Labute approximate surface area is 183 Å². The zero-order chi connectivity index (χ0) is 22.3. The average molecular weight is 474 g/mol. The van der Waals surface area contributed by atoms with E-state index in [4.69, 9.17) is 39.4 Å². The molecule has 160 valence electrons. The number of halogens is 3. The normalized spacial score (nSPS) is 16.1. The predicted octanol–water partition coefficient (Wildman–Crippen LogP) is 3.42. The molecule has 4 N–H and O–H groups in total. The molecule has 0 saturated heterocycles. The van der Waals surface area contributed by atoms with Gasteiger partial charge in [-0.3, -0.25) is 4.90 Å². The fourth-order valence-electron chi connectivity index (χ4n) is 3.05. The quantitative estimate of drug-likeness (QED) is 0.641. The van der Waals surface area contributed by atoms with E-state index in [-0.39, 0.29) is 39.9 Å². The molecule has 12 heteroatoms. The van der Waals surface area contributed by atoms with Gasteiger partial charge in [0.1, 0.15) is 22.9 Å². The lowest BCUT2D eigenvalue weighted by Gasteiger charge is -2.38. The van der Waals surface area contributed by atoms with Crippen LogP contribution in [0.25, 0.3) is 0 Å². The maximum Gasteiger partial charge on any atom is 0.332 e. The van der Waals surface area contributed by atoms with Gasteiger partial charge >= 0.3 is 10.2 Å². The smallest absolute Gasteiger partial charge is 0.332 e. The van der Waals surface area contributed by atoms with Crippen molar-refractivity contribution in [3.05, 3.63) is 52.0 Å². The Morgan fingerprint density at radius 1 is 1.17 bits per heavy atom. The molecule has 8 nitrogen and oxygen atoms in total. The van der Waals surface area contributed by atoms with Crippen LogP contribution >= 0.6 is 23.2 Å². The lowest BCUT2D eigenvalue weighted by molar-refractivity contribution is 0.303. The van der Waals surface area contributed by atoms with Crippen LogP contribution in [0.3, 0.4) is 0 Å². The molecule has 0 saturated carbocycles. The van der Waals surface area contributed by atoms with Gasteiger partial charge in [0, 0.05) is 16.3 Å². The van der Waals surface area contributed by atoms with Crippen LogP contribution in [0, 0.1) is 0 Å². The topological polar surface area (TPSA) is 123 Å². The summed E-state index contributed by atoms with van der Waals surface area (Å²) in [5, 5.41) is 0.256. The first-order valence-corrected chi connectivity index (χ1v) is 10.7. The van der Waals surface area contributed by atoms with Crippen molar-refractivity contribution in [3.8, 4) is 5.75 Å². The van der Waals surface area contributed by atoms with E-state index in [0.29, 0.717) is 5.69 Å². The van der Waals surface area contributed by atoms with Crippen molar-refractivity contribution in [2.45, 2.75) is 31.0 Å². The van der Waals surface area contributed by atoms with Gasteiger partial charge in [-0.2, -0.15) is 13.4 Å². The highest BCUT2D eigenvalue weighted by Crippen LogP contribution is 2.35. The second kappa shape index (κ2) is 7.93. The Hall–Kier alpha value is -2.56. The number of guanidine groups is 2. The molecule has 1 aliphatic heterocycles. The molecule has 0 atom stereocenters. The molecule has 2 aromatic carbocycles. The van der Waals surface area contributed by atoms with E-state index >= 15 is 0 Å². The SMILES string of the molecule is CC1(C)N=C(N)N=C(N)N1c1ccc(OCc2c(Cl)cccc2S(=O)(=O)F)c(Cl)c1. The summed E-state index contributed by atoms with van der Waals surface area (Å²) in [6, 6.07) is 8.69. The fourth-order valence-corrected chi connectivity index (χ4v) is 4.27. The molecular weight excluding hydrogens is 456 g/mol. The maximum absolute atomic E-state index is 13.5. The average Bonchev–Trinajstić information content (AvgIpc) is 2.59. The summed E-state index contributed by atoms with van der Waals surface area (Å²) in [6.45, 7) is 3.29. The van der Waals surface area contributed by atoms with Gasteiger partial charge in [-0.15, -0.1) is 3.89 Å². The van der Waals surface area contributed by atoms with Crippen LogP contribution < -0.4 is 21.1 Å². The van der Waals surface area contributed by atoms with E-state index in [0.717, 1.165) is 6.07 Å². The van der Waals surface area contributed by atoms with Crippen LogP contribution in [0.15, 0.2) is 51.3 Å². The van der Waals surface area contributed by atoms with Crippen molar-refractivity contribution in [2.75, 3.05) is 4.90 Å². The van der Waals surface area contributed by atoms with Gasteiger partial charge in [0.05, 0.1) is 5.02 Å². The van der Waals surface area contributed by atoms with Crippen LogP contribution in [0.1, 0.15) is 19.4 Å². The van der Waals surface area contributed by atoms with Gasteiger partial charge in [0.2, 0.25) is 11.9 Å². The second-order valence-corrected chi connectivity index (χ2v) is 8.96. The number of aliphatic imine (C=N–C) groups is 2. The lowest BCUT2D eigenvalue weighted by atomic mass is 10.1. The molecule has 0 aromatic heterocycles. The van der Waals surface area contributed by atoms with Crippen LogP contribution in [0.4, 0.5) is 9.57 Å². The van der Waals surface area contributed by atoms with Crippen LogP contribution in [0.2, 0.25) is 10.0 Å². The van der Waals surface area contributed by atoms with E-state index in [9.17, 15) is 12.3 Å². The minimum atomic E-state index is -4.97. The lowest BCUT2D eigenvalue weighted by Crippen LogP contribution is -2.54. The summed E-state index contributed by atoms with van der Waals surface area (Å²) in [7, 11) is -4.97. The number of ether oxygens (including phenoxy) is 1. The third kappa shape index (κ3) is 4.45. The number of rotatable bonds is 5. The predicted molar refractivity (Wildman–Crippen MR) is 115 cm³/mol. The monoisotopic (exact) mass is 473 g/mol. The number of anilines is 1.